The molecule has 13 heteroatoms. The van der Waals surface area contributed by atoms with Gasteiger partial charge in [0.2, 0.25) is 5.78 Å². The third kappa shape index (κ3) is 7.34. The number of ketones is 1. The number of aromatic nitrogens is 3. The lowest BCUT2D eigenvalue weighted by molar-refractivity contribution is -0.114. The van der Waals surface area contributed by atoms with Crippen molar-refractivity contribution in [3.05, 3.63) is 95.6 Å². The van der Waals surface area contributed by atoms with Gasteiger partial charge in [-0.1, -0.05) is 18.2 Å². The number of hydrogen-bond donors (Lipinski definition) is 3. The van der Waals surface area contributed by atoms with E-state index in [4.69, 9.17) is 20.0 Å². The Balaban J connectivity index is 1.27. The molecular weight excluding hydrogens is 641 g/mol. The van der Waals surface area contributed by atoms with Gasteiger partial charge in [-0.3, -0.25) is 20.0 Å². The first kappa shape index (κ1) is 34.6. The van der Waals surface area contributed by atoms with Crippen LogP contribution in [0.4, 0.5) is 21.6 Å². The Hall–Kier alpha value is -5.24. The van der Waals surface area contributed by atoms with E-state index >= 15 is 0 Å². The van der Waals surface area contributed by atoms with E-state index in [2.05, 4.69) is 20.3 Å². The minimum absolute atomic E-state index is 0.145. The maximum atomic E-state index is 14.2. The highest BCUT2D eigenvalue weighted by atomic mass is 19.1. The van der Waals surface area contributed by atoms with Gasteiger partial charge in [0.05, 0.1) is 53.3 Å². The lowest BCUT2D eigenvalue weighted by Crippen LogP contribution is -2.49. The van der Waals surface area contributed by atoms with Crippen LogP contribution in [0.3, 0.4) is 0 Å². The van der Waals surface area contributed by atoms with Crippen molar-refractivity contribution in [2.75, 3.05) is 49.0 Å². The lowest BCUT2D eigenvalue weighted by atomic mass is 10.1. The minimum Gasteiger partial charge on any atom is -0.479 e. The van der Waals surface area contributed by atoms with E-state index < -0.39 is 23.7 Å². The number of ether oxygens (including phenoxy) is 2. The van der Waals surface area contributed by atoms with E-state index in [-0.39, 0.29) is 22.9 Å². The van der Waals surface area contributed by atoms with Gasteiger partial charge < -0.3 is 29.9 Å². The summed E-state index contributed by atoms with van der Waals surface area (Å²) < 4.78 is 27.1. The molecule has 2 aromatic carbocycles. The Morgan fingerprint density at radius 2 is 1.94 bits per heavy atom. The quantitative estimate of drug-likeness (QED) is 0.0787. The number of benzene rings is 2. The number of carbonyl (C=O) groups excluding carboxylic acids is 2. The summed E-state index contributed by atoms with van der Waals surface area (Å²) in [7, 11) is 1.81. The molecule has 0 amide bonds. The molecule has 50 heavy (non-hydrogen) atoms. The van der Waals surface area contributed by atoms with Gasteiger partial charge in [0.15, 0.2) is 11.6 Å². The van der Waals surface area contributed by atoms with E-state index in [1.54, 1.807) is 49.3 Å². The van der Waals surface area contributed by atoms with Crippen molar-refractivity contribution in [2.45, 2.75) is 45.6 Å². The predicted octanol–water partition coefficient (Wildman–Crippen LogP) is 5.24. The number of aldehydes is 1. The standard InChI is InChI=1S/C37H42FN7O5/c1-23-10-11-26(49-34-9-7-6-8-28(34)38)12-13-31(23)45-36(39)27(21-40-45)35(47)30-18-25-19-33(44-14-16-48-17-15-44)32(20-29(25)41-30)43(5)50-24(2)42-37(3,4)22-46/h6-13,18-22,24,26,41-42H,14-17,39H2,1-5H3. The van der Waals surface area contributed by atoms with E-state index in [0.29, 0.717) is 37.7 Å². The van der Waals surface area contributed by atoms with Crippen LogP contribution in [0.15, 0.2) is 78.5 Å². The summed E-state index contributed by atoms with van der Waals surface area (Å²) in [5.41, 5.74) is 10.3. The summed E-state index contributed by atoms with van der Waals surface area (Å²) in [6.07, 6.45) is 8.54. The molecule has 1 aliphatic carbocycles. The number of para-hydroxylation sites is 1. The number of fused-ring (bicyclic) bond motifs is 1. The van der Waals surface area contributed by atoms with Crippen LogP contribution in [0.5, 0.6) is 5.75 Å². The second kappa shape index (κ2) is 14.3. The molecule has 0 bridgehead atoms. The Labute approximate surface area is 289 Å². The molecule has 262 valence electrons. The summed E-state index contributed by atoms with van der Waals surface area (Å²) in [5.74, 6) is -0.440. The molecule has 2 atom stereocenters. The smallest absolute Gasteiger partial charge is 0.214 e. The average molecular weight is 684 g/mol. The van der Waals surface area contributed by atoms with Crippen molar-refractivity contribution in [2.24, 2.45) is 0 Å². The number of allylic oxidation sites excluding steroid dienone is 4. The highest BCUT2D eigenvalue weighted by Crippen LogP contribution is 2.36. The summed E-state index contributed by atoms with van der Waals surface area (Å²) in [6, 6.07) is 12.0. The van der Waals surface area contributed by atoms with Crippen LogP contribution >= 0.6 is 0 Å². The van der Waals surface area contributed by atoms with Crippen molar-refractivity contribution in [3.8, 4) is 5.75 Å². The largest absolute Gasteiger partial charge is 0.479 e. The average Bonchev–Trinajstić information content (AvgIpc) is 3.65. The molecule has 0 spiro atoms. The third-order valence-corrected chi connectivity index (χ3v) is 8.60. The molecule has 3 heterocycles. The number of H-pyrrole nitrogens is 1. The molecule has 2 aromatic heterocycles. The number of nitrogens with one attached hydrogen (secondary N) is 2. The number of hydroxylamine groups is 1. The first-order chi connectivity index (χ1) is 23.9. The molecule has 4 aromatic rings. The highest BCUT2D eigenvalue weighted by Gasteiger charge is 2.25. The molecule has 2 aliphatic rings. The fourth-order valence-corrected chi connectivity index (χ4v) is 6.05. The molecule has 1 aliphatic heterocycles. The van der Waals surface area contributed by atoms with Crippen molar-refractivity contribution < 1.29 is 28.3 Å². The number of halogens is 1. The second-order valence-corrected chi connectivity index (χ2v) is 12.9. The number of nitrogens with two attached hydrogens (primary N) is 1. The number of nitrogen functional groups attached to an aromatic ring is 1. The number of nitrogens with zero attached hydrogens (tertiary/aromatic N) is 4. The van der Waals surface area contributed by atoms with E-state index in [9.17, 15) is 14.0 Å². The second-order valence-electron chi connectivity index (χ2n) is 12.9. The zero-order chi connectivity index (χ0) is 35.6. The minimum atomic E-state index is -0.764. The predicted molar refractivity (Wildman–Crippen MR) is 192 cm³/mol. The van der Waals surface area contributed by atoms with Gasteiger partial charge in [-0.25, -0.2) is 9.07 Å². The first-order valence-electron chi connectivity index (χ1n) is 16.4. The summed E-state index contributed by atoms with van der Waals surface area (Å²) >= 11 is 0. The maximum absolute atomic E-state index is 14.2. The normalized spacial score (nSPS) is 17.2. The summed E-state index contributed by atoms with van der Waals surface area (Å²) in [5, 5.41) is 10.1. The van der Waals surface area contributed by atoms with Crippen molar-refractivity contribution in [1.82, 2.24) is 20.1 Å². The fourth-order valence-electron chi connectivity index (χ4n) is 6.05. The topological polar surface area (TPSA) is 140 Å². The number of anilines is 3. The van der Waals surface area contributed by atoms with Crippen LogP contribution in [0.2, 0.25) is 0 Å². The Bertz CT molecular complexity index is 1990. The SMILES string of the molecule is CC1=C(n2ncc(C(=O)c3cc4cc(N5CCOCC5)c(N(C)OC(C)NC(C)(C)C=O)cc4[nH]3)c2N)C=CC(Oc2ccccc2F)C=C1. The fraction of sp³-hybridized carbons (Fsp3) is 0.324. The number of hydrogen-bond acceptors (Lipinski definition) is 10. The first-order valence-corrected chi connectivity index (χ1v) is 16.4. The zero-order valence-corrected chi connectivity index (χ0v) is 28.8. The third-order valence-electron chi connectivity index (χ3n) is 8.60. The molecule has 1 saturated heterocycles. The van der Waals surface area contributed by atoms with Crippen LogP contribution in [-0.4, -0.2) is 78.1 Å². The zero-order valence-electron chi connectivity index (χ0n) is 28.8. The molecule has 6 rings (SSSR count). The van der Waals surface area contributed by atoms with Gasteiger partial charge in [-0.05, 0) is 81.8 Å². The summed E-state index contributed by atoms with van der Waals surface area (Å²) in [4.78, 5) is 37.1. The number of morpholine rings is 1. The van der Waals surface area contributed by atoms with Crippen LogP contribution in [-0.2, 0) is 14.4 Å². The van der Waals surface area contributed by atoms with Crippen molar-refractivity contribution in [3.63, 3.8) is 0 Å². The van der Waals surface area contributed by atoms with Crippen LogP contribution < -0.4 is 25.8 Å². The Morgan fingerprint density at radius 1 is 1.20 bits per heavy atom. The molecule has 2 unspecified atom stereocenters. The van der Waals surface area contributed by atoms with Crippen molar-refractivity contribution >= 4 is 45.9 Å². The van der Waals surface area contributed by atoms with Crippen LogP contribution in [0.25, 0.3) is 16.6 Å². The molecular formula is C37H42FN7O5. The molecule has 0 radical (unpaired) electrons. The molecule has 0 saturated carbocycles. The van der Waals surface area contributed by atoms with Gasteiger partial charge in [-0.2, -0.15) is 5.10 Å². The summed E-state index contributed by atoms with van der Waals surface area (Å²) in [6.45, 7) is 9.86. The molecule has 1 fully saturated rings. The lowest BCUT2D eigenvalue weighted by Gasteiger charge is -2.34. The van der Waals surface area contributed by atoms with Gasteiger partial charge in [0, 0.05) is 31.0 Å². The monoisotopic (exact) mass is 683 g/mol. The maximum Gasteiger partial charge on any atom is 0.214 e. The van der Waals surface area contributed by atoms with E-state index in [1.807, 2.05) is 51.2 Å². The van der Waals surface area contributed by atoms with Crippen LogP contribution in [0, 0.1) is 5.82 Å². The number of rotatable bonds is 12. The van der Waals surface area contributed by atoms with Gasteiger partial charge in [0.1, 0.15) is 24.4 Å². The highest BCUT2D eigenvalue weighted by molar-refractivity contribution is 6.13. The van der Waals surface area contributed by atoms with Crippen LogP contribution in [0.1, 0.15) is 43.7 Å². The number of aromatic amines is 1. The number of carbonyl (C=O) groups is 2. The van der Waals surface area contributed by atoms with E-state index in [0.717, 1.165) is 34.1 Å². The van der Waals surface area contributed by atoms with Crippen molar-refractivity contribution in [1.29, 1.82) is 0 Å². The van der Waals surface area contributed by atoms with E-state index in [1.165, 1.54) is 16.9 Å². The molecule has 4 N–H and O–H groups in total. The van der Waals surface area contributed by atoms with Gasteiger partial charge >= 0.3 is 0 Å². The van der Waals surface area contributed by atoms with Gasteiger partial charge in [-0.15, -0.1) is 0 Å². The Morgan fingerprint density at radius 3 is 2.68 bits per heavy atom. The Kier molecular flexibility index (Phi) is 9.91. The van der Waals surface area contributed by atoms with Gasteiger partial charge in [0.25, 0.3) is 0 Å². The molecule has 12 nitrogen and oxygen atoms in total.